The molecule has 3 aromatic rings. The summed E-state index contributed by atoms with van der Waals surface area (Å²) in [6, 6.07) is 24.3. The second-order valence-electron chi connectivity index (χ2n) is 11.0. The van der Waals surface area contributed by atoms with Crippen LogP contribution in [0.5, 0.6) is 0 Å². The lowest BCUT2D eigenvalue weighted by molar-refractivity contribution is -0.115. The van der Waals surface area contributed by atoms with Crippen molar-refractivity contribution in [2.24, 2.45) is 4.99 Å². The summed E-state index contributed by atoms with van der Waals surface area (Å²) in [6.45, 7) is 7.35. The zero-order valence-electron chi connectivity index (χ0n) is 23.4. The van der Waals surface area contributed by atoms with Crippen molar-refractivity contribution in [3.63, 3.8) is 0 Å². The van der Waals surface area contributed by atoms with E-state index in [9.17, 15) is 13.2 Å². The lowest BCUT2D eigenvalue weighted by Gasteiger charge is -2.39. The van der Waals surface area contributed by atoms with Crippen molar-refractivity contribution in [2.75, 3.05) is 15.8 Å². The Hall–Kier alpha value is -3.49. The highest BCUT2D eigenvalue weighted by Crippen LogP contribution is 2.38. The summed E-state index contributed by atoms with van der Waals surface area (Å²) in [5.74, 6) is -0.828. The minimum atomic E-state index is -3.47. The highest BCUT2D eigenvalue weighted by atomic mass is 32.2. The summed E-state index contributed by atoms with van der Waals surface area (Å²) >= 11 is 0. The molecule has 5 rings (SSSR count). The number of nitrogens with zero attached hydrogens (tertiary/aromatic N) is 2. The van der Waals surface area contributed by atoms with Crippen molar-refractivity contribution in [3.05, 3.63) is 89.5 Å². The molecule has 2 aliphatic heterocycles. The molecule has 8 heteroatoms. The minimum Gasteiger partial charge on any atom is -0.325 e. The minimum absolute atomic E-state index is 0.0347. The molecule has 1 saturated heterocycles. The fourth-order valence-electron chi connectivity index (χ4n) is 5.81. The van der Waals surface area contributed by atoms with Crippen LogP contribution in [0.4, 0.5) is 17.1 Å². The first-order valence-electron chi connectivity index (χ1n) is 14.2. The molecule has 0 spiro atoms. The van der Waals surface area contributed by atoms with Crippen molar-refractivity contribution in [1.82, 2.24) is 4.90 Å². The van der Waals surface area contributed by atoms with Gasteiger partial charge >= 0.3 is 0 Å². The fourth-order valence-corrected chi connectivity index (χ4v) is 6.94. The lowest BCUT2D eigenvalue weighted by Crippen LogP contribution is -2.42. The van der Waals surface area contributed by atoms with Crippen molar-refractivity contribution in [3.8, 4) is 0 Å². The third-order valence-corrected chi connectivity index (χ3v) is 9.39. The monoisotopic (exact) mass is 558 g/mol. The van der Waals surface area contributed by atoms with E-state index in [1.165, 1.54) is 24.8 Å². The smallest absolute Gasteiger partial charge is 0.238 e. The van der Waals surface area contributed by atoms with Crippen LogP contribution in [0, 0.1) is 0 Å². The number of likely N-dealkylation sites (tertiary alicyclic amines) is 1. The van der Waals surface area contributed by atoms with Gasteiger partial charge in [-0.25, -0.2) is 8.42 Å². The molecular weight excluding hydrogens is 520 g/mol. The summed E-state index contributed by atoms with van der Waals surface area (Å²) in [6.07, 6.45) is 4.28. The maximum absolute atomic E-state index is 13.3. The van der Waals surface area contributed by atoms with Crippen molar-refractivity contribution >= 4 is 38.7 Å². The highest BCUT2D eigenvalue weighted by Gasteiger charge is 2.36. The number of rotatable bonds is 9. The molecule has 0 aliphatic carbocycles. The predicted octanol–water partition coefficient (Wildman–Crippen LogP) is 6.46. The van der Waals surface area contributed by atoms with Crippen LogP contribution >= 0.6 is 0 Å². The van der Waals surface area contributed by atoms with Crippen molar-refractivity contribution in [2.45, 2.75) is 71.0 Å². The fraction of sp³-hybridized carbons (Fsp3) is 0.375. The molecule has 0 radical (unpaired) electrons. The van der Waals surface area contributed by atoms with E-state index in [2.05, 4.69) is 40.9 Å². The number of hydrogen-bond donors (Lipinski definition) is 2. The molecule has 3 unspecified atom stereocenters. The van der Waals surface area contributed by atoms with E-state index in [4.69, 9.17) is 4.99 Å². The van der Waals surface area contributed by atoms with Gasteiger partial charge in [-0.05, 0) is 80.1 Å². The van der Waals surface area contributed by atoms with Gasteiger partial charge in [0.05, 0.1) is 17.2 Å². The molecule has 1 amide bonds. The Kier molecular flexibility index (Phi) is 8.38. The first kappa shape index (κ1) is 28.1. The van der Waals surface area contributed by atoms with E-state index in [-0.39, 0.29) is 11.7 Å². The third-order valence-electron chi connectivity index (χ3n) is 7.90. The quantitative estimate of drug-likeness (QED) is 0.295. The number of benzene rings is 3. The van der Waals surface area contributed by atoms with Gasteiger partial charge < -0.3 is 5.32 Å². The van der Waals surface area contributed by atoms with Gasteiger partial charge in [-0.1, -0.05) is 55.8 Å². The zero-order chi connectivity index (χ0) is 28.3. The average Bonchev–Trinajstić information content (AvgIpc) is 3.25. The number of amides is 1. The Balaban J connectivity index is 1.47. The number of nitrogens with one attached hydrogen (secondary N) is 2. The average molecular weight is 559 g/mol. The van der Waals surface area contributed by atoms with Crippen LogP contribution in [0.1, 0.15) is 69.1 Å². The van der Waals surface area contributed by atoms with Gasteiger partial charge in [0.25, 0.3) is 0 Å². The Morgan fingerprint density at radius 2 is 1.70 bits per heavy atom. The molecule has 40 heavy (non-hydrogen) atoms. The Labute approximate surface area is 237 Å². The second kappa shape index (κ2) is 11.9. The van der Waals surface area contributed by atoms with Crippen LogP contribution in [-0.4, -0.2) is 42.8 Å². The van der Waals surface area contributed by atoms with E-state index in [0.29, 0.717) is 41.2 Å². The maximum Gasteiger partial charge on any atom is 0.238 e. The number of fused-ring (bicyclic) bond motifs is 1. The number of carbonyl (C=O) groups is 1. The molecule has 3 aromatic carbocycles. The van der Waals surface area contributed by atoms with Crippen LogP contribution in [0.3, 0.4) is 0 Å². The Bertz CT molecular complexity index is 1480. The molecule has 0 saturated carbocycles. The van der Waals surface area contributed by atoms with Gasteiger partial charge in [0, 0.05) is 30.0 Å². The van der Waals surface area contributed by atoms with Crippen molar-refractivity contribution < 1.29 is 13.2 Å². The molecule has 7 nitrogen and oxygen atoms in total. The molecule has 0 aromatic heterocycles. The summed E-state index contributed by atoms with van der Waals surface area (Å²) in [4.78, 5) is 20.9. The molecule has 0 bridgehead atoms. The number of aliphatic imine (C=N–C) groups is 1. The number of anilines is 2. The molecule has 210 valence electrons. The second-order valence-corrected chi connectivity index (χ2v) is 12.8. The topological polar surface area (TPSA) is 90.9 Å². The van der Waals surface area contributed by atoms with Crippen LogP contribution in [-0.2, 0) is 21.4 Å². The van der Waals surface area contributed by atoms with Gasteiger partial charge in [0.15, 0.2) is 0 Å². The van der Waals surface area contributed by atoms with Crippen LogP contribution in [0.25, 0.3) is 0 Å². The van der Waals surface area contributed by atoms with Gasteiger partial charge in [-0.3, -0.25) is 19.4 Å². The van der Waals surface area contributed by atoms with Crippen LogP contribution in [0.15, 0.2) is 77.8 Å². The number of sulfonamides is 1. The highest BCUT2D eigenvalue weighted by molar-refractivity contribution is 7.92. The van der Waals surface area contributed by atoms with Crippen LogP contribution in [0.2, 0.25) is 0 Å². The standard InChI is InChI=1S/C32H38N4O3S/c1-4-19-40(38,39)35-27-17-18-29-28(20-27)30(32(37)34-29)31(25-11-6-5-7-12-25)33-26-15-13-24(14-16-26)21-36-22(2)9-8-10-23(36)3/h5-7,11-18,20,22-23,30,35H,4,8-10,19,21H2,1-3H3,(H,34,37). The van der Waals surface area contributed by atoms with E-state index in [1.807, 2.05) is 49.4 Å². The van der Waals surface area contributed by atoms with Crippen molar-refractivity contribution in [1.29, 1.82) is 0 Å². The van der Waals surface area contributed by atoms with E-state index in [1.54, 1.807) is 18.2 Å². The zero-order valence-corrected chi connectivity index (χ0v) is 24.2. The lowest BCUT2D eigenvalue weighted by atomic mass is 9.90. The number of hydrogen-bond acceptors (Lipinski definition) is 5. The molecule has 2 heterocycles. The molecular formula is C32H38N4O3S. The molecule has 3 atom stereocenters. The van der Waals surface area contributed by atoms with Gasteiger partial charge in [-0.2, -0.15) is 0 Å². The Morgan fingerprint density at radius 1 is 1.00 bits per heavy atom. The van der Waals surface area contributed by atoms with Crippen LogP contribution < -0.4 is 10.0 Å². The summed E-state index contributed by atoms with van der Waals surface area (Å²) in [5, 5.41) is 2.96. The van der Waals surface area contributed by atoms with Gasteiger partial charge in [-0.15, -0.1) is 0 Å². The number of carbonyl (C=O) groups excluding carboxylic acids is 1. The van der Waals surface area contributed by atoms with E-state index < -0.39 is 15.9 Å². The van der Waals surface area contributed by atoms with Gasteiger partial charge in [0.2, 0.25) is 15.9 Å². The van der Waals surface area contributed by atoms with E-state index >= 15 is 0 Å². The number of piperidine rings is 1. The predicted molar refractivity (Wildman–Crippen MR) is 163 cm³/mol. The summed E-state index contributed by atoms with van der Waals surface area (Å²) in [5.41, 5.74) is 5.28. The van der Waals surface area contributed by atoms with Gasteiger partial charge in [0.1, 0.15) is 5.92 Å². The molecule has 1 fully saturated rings. The first-order valence-corrected chi connectivity index (χ1v) is 15.8. The SMILES string of the molecule is CCCS(=O)(=O)Nc1ccc2c(c1)C(C(=Nc1ccc(CN3C(C)CCCC3C)cc1)c1ccccc1)C(=O)N2. The third kappa shape index (κ3) is 6.29. The normalized spacial score (nSPS) is 21.6. The summed E-state index contributed by atoms with van der Waals surface area (Å²) in [7, 11) is -3.47. The summed E-state index contributed by atoms with van der Waals surface area (Å²) < 4.78 is 27.5. The molecule has 2 aliphatic rings. The van der Waals surface area contributed by atoms with E-state index in [0.717, 1.165) is 17.8 Å². The Morgan fingerprint density at radius 3 is 2.38 bits per heavy atom. The molecule has 2 N–H and O–H groups in total. The maximum atomic E-state index is 13.3. The largest absolute Gasteiger partial charge is 0.325 e. The first-order chi connectivity index (χ1) is 19.2.